The molecule has 0 aliphatic carbocycles. The summed E-state index contributed by atoms with van der Waals surface area (Å²) in [5.74, 6) is -1.01. The average Bonchev–Trinajstić information content (AvgIpc) is 2.45. The summed E-state index contributed by atoms with van der Waals surface area (Å²) in [6.45, 7) is 0. The zero-order valence-electron chi connectivity index (χ0n) is 6.18. The Kier molecular flexibility index (Phi) is 1.63. The van der Waals surface area contributed by atoms with Crippen LogP contribution in [-0.2, 0) is 0 Å². The van der Waals surface area contributed by atoms with Crippen LogP contribution < -0.4 is 0 Å². The number of hydrogen-bond donors (Lipinski definition) is 1. The number of carbonyl (C=O) groups is 1. The molecule has 0 spiro atoms. The molecule has 0 atom stereocenters. The molecule has 1 N–H and O–H groups in total. The summed E-state index contributed by atoms with van der Waals surface area (Å²) in [4.78, 5) is 14.3. The van der Waals surface area contributed by atoms with E-state index in [0.29, 0.717) is 0 Å². The molecule has 66 valence electrons. The summed E-state index contributed by atoms with van der Waals surface area (Å²) in [6, 6.07) is 0. The molecule has 2 heterocycles. The molecule has 0 saturated heterocycles. The molecular weight excluding hydrogens is 196 g/mol. The minimum atomic E-state index is -1.18. The van der Waals surface area contributed by atoms with Crippen LogP contribution in [0.1, 0.15) is 10.5 Å². The lowest BCUT2D eigenvalue weighted by Crippen LogP contribution is -1.96. The molecule has 0 radical (unpaired) electrons. The number of aromatic carboxylic acids is 1. The van der Waals surface area contributed by atoms with E-state index in [2.05, 4.69) is 15.2 Å². The Morgan fingerprint density at radius 2 is 2.38 bits per heavy atom. The van der Waals surface area contributed by atoms with Crippen LogP contribution in [0.15, 0.2) is 12.4 Å². The van der Waals surface area contributed by atoms with E-state index in [9.17, 15) is 4.79 Å². The van der Waals surface area contributed by atoms with E-state index in [1.165, 1.54) is 16.8 Å². The lowest BCUT2D eigenvalue weighted by molar-refractivity contribution is 0.0691. The van der Waals surface area contributed by atoms with Gasteiger partial charge in [0.05, 0.1) is 6.20 Å². The van der Waals surface area contributed by atoms with Crippen molar-refractivity contribution in [1.29, 1.82) is 0 Å². The first-order valence-electron chi connectivity index (χ1n) is 3.28. The highest BCUT2D eigenvalue weighted by molar-refractivity contribution is 6.32. The number of aromatic nitrogens is 4. The van der Waals surface area contributed by atoms with Gasteiger partial charge < -0.3 is 5.11 Å². The van der Waals surface area contributed by atoms with Crippen molar-refractivity contribution in [1.82, 2.24) is 19.6 Å². The normalized spacial score (nSPS) is 10.5. The van der Waals surface area contributed by atoms with Crippen molar-refractivity contribution in [3.8, 4) is 0 Å². The predicted octanol–water partition coefficient (Wildman–Crippen LogP) is 0.476. The molecule has 0 aliphatic rings. The molecule has 6 nitrogen and oxygen atoms in total. The molecular formula is C6H3ClN4O2. The van der Waals surface area contributed by atoms with Crippen molar-refractivity contribution in [3.63, 3.8) is 0 Å². The van der Waals surface area contributed by atoms with Crippen LogP contribution in [0, 0.1) is 0 Å². The highest BCUT2D eigenvalue weighted by Crippen LogP contribution is 2.15. The first kappa shape index (κ1) is 7.93. The third kappa shape index (κ3) is 1.11. The molecule has 0 unspecified atom stereocenters. The molecule has 2 aromatic heterocycles. The number of rotatable bonds is 1. The molecule has 2 aromatic rings. The van der Waals surface area contributed by atoms with Crippen molar-refractivity contribution in [3.05, 3.63) is 23.2 Å². The number of nitrogens with zero attached hydrogens (tertiary/aromatic N) is 4. The fourth-order valence-corrected chi connectivity index (χ4v) is 1.18. The second-order valence-corrected chi connectivity index (χ2v) is 2.60. The fourth-order valence-electron chi connectivity index (χ4n) is 0.922. The van der Waals surface area contributed by atoms with Gasteiger partial charge in [0.1, 0.15) is 5.15 Å². The summed E-state index contributed by atoms with van der Waals surface area (Å²) in [5, 5.41) is 15.8. The maximum absolute atomic E-state index is 10.6. The van der Waals surface area contributed by atoms with Crippen LogP contribution in [0.2, 0.25) is 5.15 Å². The number of imidazole rings is 1. The van der Waals surface area contributed by atoms with E-state index < -0.39 is 5.97 Å². The standard InChI is InChI=1S/C6H3ClN4O2/c7-4-3(5(12)13)9-6-10-8-1-2-11(4)6/h1-2H,(H,12,13). The van der Waals surface area contributed by atoms with Crippen molar-refractivity contribution in [2.75, 3.05) is 0 Å². The van der Waals surface area contributed by atoms with Gasteiger partial charge in [-0.15, -0.1) is 5.10 Å². The zero-order valence-corrected chi connectivity index (χ0v) is 6.93. The summed E-state index contributed by atoms with van der Waals surface area (Å²) in [6.07, 6.45) is 2.89. The van der Waals surface area contributed by atoms with Gasteiger partial charge >= 0.3 is 5.97 Å². The summed E-state index contributed by atoms with van der Waals surface area (Å²) < 4.78 is 1.35. The van der Waals surface area contributed by atoms with E-state index in [1.54, 1.807) is 0 Å². The Balaban J connectivity index is 2.81. The van der Waals surface area contributed by atoms with E-state index >= 15 is 0 Å². The van der Waals surface area contributed by atoms with Gasteiger partial charge in [-0.25, -0.2) is 9.78 Å². The molecule has 0 amide bonds. The van der Waals surface area contributed by atoms with Gasteiger partial charge in [0.15, 0.2) is 5.69 Å². The Bertz CT molecular complexity index is 480. The molecule has 0 fully saturated rings. The van der Waals surface area contributed by atoms with E-state index in [0.717, 1.165) is 0 Å². The summed E-state index contributed by atoms with van der Waals surface area (Å²) >= 11 is 5.70. The molecule has 0 aliphatic heterocycles. The highest BCUT2D eigenvalue weighted by atomic mass is 35.5. The quantitative estimate of drug-likeness (QED) is 0.721. The van der Waals surface area contributed by atoms with E-state index in [-0.39, 0.29) is 16.6 Å². The van der Waals surface area contributed by atoms with Crippen molar-refractivity contribution < 1.29 is 9.90 Å². The second kappa shape index (κ2) is 2.67. The molecule has 13 heavy (non-hydrogen) atoms. The molecule has 0 aromatic carbocycles. The van der Waals surface area contributed by atoms with Crippen molar-refractivity contribution in [2.45, 2.75) is 0 Å². The van der Waals surface area contributed by atoms with E-state index in [1.807, 2.05) is 0 Å². The molecule has 2 rings (SSSR count). The minimum Gasteiger partial charge on any atom is -0.476 e. The van der Waals surface area contributed by atoms with Gasteiger partial charge in [-0.05, 0) is 0 Å². The van der Waals surface area contributed by atoms with Crippen LogP contribution in [0.25, 0.3) is 5.78 Å². The highest BCUT2D eigenvalue weighted by Gasteiger charge is 2.16. The largest absolute Gasteiger partial charge is 0.476 e. The van der Waals surface area contributed by atoms with Gasteiger partial charge in [-0.3, -0.25) is 4.40 Å². The maximum atomic E-state index is 10.6. The Morgan fingerprint density at radius 1 is 1.62 bits per heavy atom. The minimum absolute atomic E-state index is 0.0254. The third-order valence-electron chi connectivity index (χ3n) is 1.47. The number of carboxylic acids is 1. The van der Waals surface area contributed by atoms with E-state index in [4.69, 9.17) is 16.7 Å². The van der Waals surface area contributed by atoms with Crippen LogP contribution in [0.3, 0.4) is 0 Å². The van der Waals surface area contributed by atoms with Gasteiger partial charge in [-0.1, -0.05) is 11.6 Å². The topological polar surface area (TPSA) is 80.4 Å². The summed E-state index contributed by atoms with van der Waals surface area (Å²) in [5.41, 5.74) is -0.220. The Labute approximate surface area is 76.8 Å². The second-order valence-electron chi connectivity index (χ2n) is 2.24. The Hall–Kier alpha value is -1.69. The maximum Gasteiger partial charge on any atom is 0.357 e. The van der Waals surface area contributed by atoms with Crippen LogP contribution >= 0.6 is 11.6 Å². The smallest absolute Gasteiger partial charge is 0.357 e. The lowest BCUT2D eigenvalue weighted by Gasteiger charge is -1.89. The van der Waals surface area contributed by atoms with Crippen LogP contribution in [-0.4, -0.2) is 30.7 Å². The first-order chi connectivity index (χ1) is 6.20. The molecule has 0 saturated carbocycles. The number of fused-ring (bicyclic) bond motifs is 1. The van der Waals surface area contributed by atoms with Gasteiger partial charge in [0, 0.05) is 6.20 Å². The Morgan fingerprint density at radius 3 is 3.00 bits per heavy atom. The average molecular weight is 199 g/mol. The number of halogens is 1. The van der Waals surface area contributed by atoms with Gasteiger partial charge in [-0.2, -0.15) is 5.10 Å². The van der Waals surface area contributed by atoms with Crippen molar-refractivity contribution in [2.24, 2.45) is 0 Å². The molecule has 7 heteroatoms. The molecule has 0 bridgehead atoms. The number of hydrogen-bond acceptors (Lipinski definition) is 4. The van der Waals surface area contributed by atoms with Crippen molar-refractivity contribution >= 4 is 23.3 Å². The SMILES string of the molecule is O=C(O)c1nc2nnccn2c1Cl. The van der Waals surface area contributed by atoms with Crippen LogP contribution in [0.5, 0.6) is 0 Å². The fraction of sp³-hybridized carbons (Fsp3) is 0. The predicted molar refractivity (Wildman–Crippen MR) is 42.8 cm³/mol. The summed E-state index contributed by atoms with van der Waals surface area (Å²) in [7, 11) is 0. The number of carboxylic acid groups (broad SMARTS) is 1. The zero-order chi connectivity index (χ0) is 9.42. The lowest BCUT2D eigenvalue weighted by atomic mass is 10.5. The third-order valence-corrected chi connectivity index (χ3v) is 1.83. The van der Waals surface area contributed by atoms with Gasteiger partial charge in [0.2, 0.25) is 0 Å². The first-order valence-corrected chi connectivity index (χ1v) is 3.66. The monoisotopic (exact) mass is 198 g/mol. The van der Waals surface area contributed by atoms with Gasteiger partial charge in [0.25, 0.3) is 5.78 Å². The van der Waals surface area contributed by atoms with Crippen LogP contribution in [0.4, 0.5) is 0 Å².